The molecule has 0 aromatic heterocycles. The van der Waals surface area contributed by atoms with Crippen molar-refractivity contribution in [1.29, 1.82) is 0 Å². The maximum absolute atomic E-state index is 11.6. The van der Waals surface area contributed by atoms with Crippen LogP contribution in [-0.4, -0.2) is 19.1 Å². The van der Waals surface area contributed by atoms with Gasteiger partial charge in [-0.25, -0.2) is 0 Å². The lowest BCUT2D eigenvalue weighted by atomic mass is 9.97. The van der Waals surface area contributed by atoms with Crippen molar-refractivity contribution >= 4 is 35.7 Å². The van der Waals surface area contributed by atoms with Crippen molar-refractivity contribution in [3.8, 4) is 0 Å². The third kappa shape index (κ3) is 3.70. The Kier molecular flexibility index (Phi) is 6.15. The van der Waals surface area contributed by atoms with Crippen molar-refractivity contribution < 1.29 is 9.59 Å². The molecule has 1 aliphatic heterocycles. The number of hydrogen-bond donors (Lipinski definition) is 0. The van der Waals surface area contributed by atoms with Gasteiger partial charge in [0.15, 0.2) is 6.29 Å². The Balaban J connectivity index is 2.05. The summed E-state index contributed by atoms with van der Waals surface area (Å²) in [5.41, 5.74) is 3.61. The number of aldehydes is 2. The highest BCUT2D eigenvalue weighted by atomic mass is 32.2. The number of rotatable bonds is 8. The van der Waals surface area contributed by atoms with E-state index in [1.165, 1.54) is 19.3 Å². The molecule has 0 saturated heterocycles. The molecule has 0 saturated carbocycles. The minimum atomic E-state index is 0.601. The van der Waals surface area contributed by atoms with Crippen LogP contribution in [0.25, 0.3) is 0 Å². The van der Waals surface area contributed by atoms with E-state index in [9.17, 15) is 9.59 Å². The SMILES string of the molecule is CCCCC(CC)CN1c2ccc(C=O)cc2Sc2c(C=O)cccc21. The quantitative estimate of drug-likeness (QED) is 0.526. The lowest BCUT2D eigenvalue weighted by molar-refractivity contribution is 0.111. The Labute approximate surface area is 159 Å². The van der Waals surface area contributed by atoms with Gasteiger partial charge in [0.1, 0.15) is 6.29 Å². The highest BCUT2D eigenvalue weighted by Crippen LogP contribution is 2.49. The lowest BCUT2D eigenvalue weighted by Crippen LogP contribution is -2.27. The molecule has 0 aliphatic carbocycles. The number of hydrogen-bond acceptors (Lipinski definition) is 4. The molecule has 0 N–H and O–H groups in total. The second kappa shape index (κ2) is 8.54. The molecule has 1 atom stereocenters. The Morgan fingerprint density at radius 1 is 1.08 bits per heavy atom. The Hall–Kier alpha value is -2.07. The molecule has 1 heterocycles. The van der Waals surface area contributed by atoms with Crippen molar-refractivity contribution in [2.75, 3.05) is 11.4 Å². The molecular weight excluding hydrogens is 342 g/mol. The zero-order chi connectivity index (χ0) is 18.5. The van der Waals surface area contributed by atoms with Gasteiger partial charge in [-0.2, -0.15) is 0 Å². The van der Waals surface area contributed by atoms with Gasteiger partial charge < -0.3 is 4.90 Å². The average molecular weight is 368 g/mol. The van der Waals surface area contributed by atoms with Crippen LogP contribution in [0, 0.1) is 5.92 Å². The molecule has 1 aliphatic rings. The van der Waals surface area contributed by atoms with Gasteiger partial charge in [-0.1, -0.05) is 57.0 Å². The second-order valence-corrected chi connectivity index (χ2v) is 7.84. The molecule has 2 aromatic carbocycles. The van der Waals surface area contributed by atoms with E-state index in [1.54, 1.807) is 11.8 Å². The third-order valence-corrected chi connectivity index (χ3v) is 6.25. The first-order chi connectivity index (χ1) is 12.7. The molecule has 0 bridgehead atoms. The number of carbonyl (C=O) groups excluding carboxylic acids is 2. The average Bonchev–Trinajstić information content (AvgIpc) is 2.69. The van der Waals surface area contributed by atoms with E-state index in [4.69, 9.17) is 0 Å². The van der Waals surface area contributed by atoms with Crippen molar-refractivity contribution in [1.82, 2.24) is 0 Å². The summed E-state index contributed by atoms with van der Waals surface area (Å²) < 4.78 is 0. The van der Waals surface area contributed by atoms with Crippen LogP contribution in [0.4, 0.5) is 11.4 Å². The van der Waals surface area contributed by atoms with Gasteiger partial charge in [0, 0.05) is 27.5 Å². The molecule has 0 fully saturated rings. The van der Waals surface area contributed by atoms with E-state index in [0.29, 0.717) is 17.0 Å². The maximum Gasteiger partial charge on any atom is 0.151 e. The summed E-state index contributed by atoms with van der Waals surface area (Å²) in [4.78, 5) is 27.1. The summed E-state index contributed by atoms with van der Waals surface area (Å²) in [6, 6.07) is 11.7. The van der Waals surface area contributed by atoms with Crippen molar-refractivity contribution in [2.45, 2.75) is 49.3 Å². The molecule has 0 radical (unpaired) electrons. The summed E-state index contributed by atoms with van der Waals surface area (Å²) in [5, 5.41) is 0. The standard InChI is InChI=1S/C22H25NO2S/c1-3-5-7-16(4-2)13-23-19-11-10-17(14-24)12-21(19)26-22-18(15-25)8-6-9-20(22)23/h6,8-12,14-16H,3-5,7,13H2,1-2H3. The molecule has 4 heteroatoms. The highest BCUT2D eigenvalue weighted by molar-refractivity contribution is 7.99. The lowest BCUT2D eigenvalue weighted by Gasteiger charge is -2.36. The molecule has 136 valence electrons. The highest BCUT2D eigenvalue weighted by Gasteiger charge is 2.27. The Morgan fingerprint density at radius 3 is 2.62 bits per heavy atom. The van der Waals surface area contributed by atoms with Crippen molar-refractivity contribution in [3.63, 3.8) is 0 Å². The minimum absolute atomic E-state index is 0.601. The maximum atomic E-state index is 11.6. The number of benzene rings is 2. The van der Waals surface area contributed by atoms with Crippen molar-refractivity contribution in [2.24, 2.45) is 5.92 Å². The first-order valence-corrected chi connectivity index (χ1v) is 10.2. The molecule has 3 nitrogen and oxygen atoms in total. The van der Waals surface area contributed by atoms with Gasteiger partial charge in [-0.15, -0.1) is 0 Å². The molecule has 26 heavy (non-hydrogen) atoms. The molecular formula is C22H25NO2S. The van der Waals surface area contributed by atoms with Crippen LogP contribution in [0.3, 0.4) is 0 Å². The van der Waals surface area contributed by atoms with Crippen LogP contribution >= 0.6 is 11.8 Å². The fourth-order valence-corrected chi connectivity index (χ4v) is 4.69. The van der Waals surface area contributed by atoms with E-state index in [-0.39, 0.29) is 0 Å². The van der Waals surface area contributed by atoms with Crippen LogP contribution in [0.1, 0.15) is 60.2 Å². The number of nitrogens with zero attached hydrogens (tertiary/aromatic N) is 1. The molecule has 1 unspecified atom stereocenters. The van der Waals surface area contributed by atoms with Crippen LogP contribution in [0.15, 0.2) is 46.2 Å². The van der Waals surface area contributed by atoms with Gasteiger partial charge in [-0.05, 0) is 36.6 Å². The van der Waals surface area contributed by atoms with Crippen LogP contribution in [-0.2, 0) is 0 Å². The predicted octanol–water partition coefficient (Wildman–Crippen LogP) is 6.13. The van der Waals surface area contributed by atoms with E-state index < -0.39 is 0 Å². The topological polar surface area (TPSA) is 37.4 Å². The summed E-state index contributed by atoms with van der Waals surface area (Å²) in [5.74, 6) is 0.601. The third-order valence-electron chi connectivity index (χ3n) is 5.05. The zero-order valence-electron chi connectivity index (χ0n) is 15.4. The Morgan fingerprint density at radius 2 is 1.92 bits per heavy atom. The van der Waals surface area contributed by atoms with E-state index >= 15 is 0 Å². The van der Waals surface area contributed by atoms with Gasteiger partial charge in [-0.3, -0.25) is 9.59 Å². The Bertz CT molecular complexity index is 803. The summed E-state index contributed by atoms with van der Waals surface area (Å²) >= 11 is 1.59. The van der Waals surface area contributed by atoms with E-state index in [0.717, 1.165) is 46.7 Å². The van der Waals surface area contributed by atoms with Crippen LogP contribution < -0.4 is 4.90 Å². The van der Waals surface area contributed by atoms with Gasteiger partial charge in [0.2, 0.25) is 0 Å². The second-order valence-electron chi connectivity index (χ2n) is 6.79. The monoisotopic (exact) mass is 367 g/mol. The molecule has 0 spiro atoms. The number of fused-ring (bicyclic) bond motifs is 2. The number of anilines is 2. The van der Waals surface area contributed by atoms with E-state index in [2.05, 4.69) is 24.8 Å². The fourth-order valence-electron chi connectivity index (χ4n) is 3.48. The summed E-state index contributed by atoms with van der Waals surface area (Å²) in [6.07, 6.45) is 6.58. The van der Waals surface area contributed by atoms with Gasteiger partial charge in [0.25, 0.3) is 0 Å². The normalized spacial score (nSPS) is 13.7. The largest absolute Gasteiger partial charge is 0.339 e. The molecule has 2 aromatic rings. The molecule has 3 rings (SSSR count). The summed E-state index contributed by atoms with van der Waals surface area (Å²) in [7, 11) is 0. The number of carbonyl (C=O) groups is 2. The van der Waals surface area contributed by atoms with Gasteiger partial charge >= 0.3 is 0 Å². The first kappa shape index (κ1) is 18.7. The smallest absolute Gasteiger partial charge is 0.151 e. The van der Waals surface area contributed by atoms with Crippen molar-refractivity contribution in [3.05, 3.63) is 47.5 Å². The first-order valence-electron chi connectivity index (χ1n) is 9.34. The fraction of sp³-hybridized carbons (Fsp3) is 0.364. The van der Waals surface area contributed by atoms with Gasteiger partial charge in [0.05, 0.1) is 11.4 Å². The zero-order valence-corrected chi connectivity index (χ0v) is 16.2. The number of unbranched alkanes of at least 4 members (excludes halogenated alkanes) is 1. The molecule has 0 amide bonds. The minimum Gasteiger partial charge on any atom is -0.339 e. The van der Waals surface area contributed by atoms with Crippen LogP contribution in [0.2, 0.25) is 0 Å². The predicted molar refractivity (Wildman–Crippen MR) is 108 cm³/mol. The summed E-state index contributed by atoms with van der Waals surface area (Å²) in [6.45, 7) is 5.41. The van der Waals surface area contributed by atoms with E-state index in [1.807, 2.05) is 30.3 Å². The van der Waals surface area contributed by atoms with Crippen LogP contribution in [0.5, 0.6) is 0 Å².